The zero-order chi connectivity index (χ0) is 20.8. The van der Waals surface area contributed by atoms with Crippen molar-refractivity contribution in [2.75, 3.05) is 13.2 Å². The van der Waals surface area contributed by atoms with E-state index in [2.05, 4.69) is 6.58 Å². The maximum absolute atomic E-state index is 12.0. The SMILES string of the molecule is C=CCOC1O[C@H](CO)[C@@H](O)[C@H](O)[C@H]1OC(=O)CC(O)(CC(=O)O)C(=O)O. The molecule has 0 radical (unpaired) electrons. The topological polar surface area (TPSA) is 200 Å². The molecule has 1 saturated heterocycles. The van der Waals surface area contributed by atoms with Gasteiger partial charge in [0.15, 0.2) is 18.0 Å². The molecule has 0 bridgehead atoms. The number of esters is 1. The summed E-state index contributed by atoms with van der Waals surface area (Å²) in [7, 11) is 0. The zero-order valence-corrected chi connectivity index (χ0v) is 14.1. The number of ether oxygens (including phenoxy) is 3. The molecule has 0 spiro atoms. The number of carboxylic acids is 2. The number of hydrogen-bond acceptors (Lipinski definition) is 10. The molecule has 0 saturated carbocycles. The summed E-state index contributed by atoms with van der Waals surface area (Å²) in [6.07, 6.45) is -8.96. The Morgan fingerprint density at radius 1 is 1.15 bits per heavy atom. The molecule has 154 valence electrons. The first-order valence-electron chi connectivity index (χ1n) is 7.77. The number of aliphatic hydroxyl groups excluding tert-OH is 3. The van der Waals surface area contributed by atoms with Crippen LogP contribution in [0.5, 0.6) is 0 Å². The molecule has 6 N–H and O–H groups in total. The lowest BCUT2D eigenvalue weighted by Gasteiger charge is -2.41. The smallest absolute Gasteiger partial charge is 0.336 e. The molecule has 12 heteroatoms. The van der Waals surface area contributed by atoms with Gasteiger partial charge in [-0.15, -0.1) is 6.58 Å². The van der Waals surface area contributed by atoms with Crippen LogP contribution in [0.3, 0.4) is 0 Å². The number of rotatable bonds is 10. The van der Waals surface area contributed by atoms with Crippen molar-refractivity contribution >= 4 is 17.9 Å². The Labute approximate surface area is 153 Å². The molecule has 1 fully saturated rings. The van der Waals surface area contributed by atoms with Gasteiger partial charge in [0, 0.05) is 0 Å². The maximum Gasteiger partial charge on any atom is 0.336 e. The average Bonchev–Trinajstić information content (AvgIpc) is 2.57. The number of aliphatic hydroxyl groups is 4. The van der Waals surface area contributed by atoms with E-state index in [-0.39, 0.29) is 6.61 Å². The Morgan fingerprint density at radius 3 is 2.26 bits per heavy atom. The lowest BCUT2D eigenvalue weighted by Crippen LogP contribution is -2.60. The van der Waals surface area contributed by atoms with Crippen LogP contribution in [0.1, 0.15) is 12.8 Å². The van der Waals surface area contributed by atoms with Crippen LogP contribution < -0.4 is 0 Å². The first kappa shape index (κ1) is 23.0. The quantitative estimate of drug-likeness (QED) is 0.165. The highest BCUT2D eigenvalue weighted by Crippen LogP contribution is 2.26. The summed E-state index contributed by atoms with van der Waals surface area (Å²) < 4.78 is 15.2. The van der Waals surface area contributed by atoms with E-state index in [1.54, 1.807) is 0 Å². The van der Waals surface area contributed by atoms with Crippen LogP contribution in [0.4, 0.5) is 0 Å². The normalized spacial score (nSPS) is 30.1. The third-order valence-corrected chi connectivity index (χ3v) is 3.75. The van der Waals surface area contributed by atoms with E-state index in [9.17, 15) is 29.7 Å². The van der Waals surface area contributed by atoms with E-state index < -0.39 is 73.7 Å². The monoisotopic (exact) mass is 394 g/mol. The van der Waals surface area contributed by atoms with E-state index in [1.807, 2.05) is 0 Å². The second-order valence-corrected chi connectivity index (χ2v) is 5.87. The Kier molecular flexibility index (Phi) is 8.27. The van der Waals surface area contributed by atoms with Crippen molar-refractivity contribution in [3.63, 3.8) is 0 Å². The van der Waals surface area contributed by atoms with Crippen molar-refractivity contribution in [3.8, 4) is 0 Å². The van der Waals surface area contributed by atoms with Crippen LogP contribution in [0.2, 0.25) is 0 Å². The van der Waals surface area contributed by atoms with Gasteiger partial charge in [0.2, 0.25) is 0 Å². The first-order valence-corrected chi connectivity index (χ1v) is 7.77. The highest BCUT2D eigenvalue weighted by Gasteiger charge is 2.48. The highest BCUT2D eigenvalue weighted by atomic mass is 16.7. The molecule has 0 aliphatic carbocycles. The number of carboxylic acid groups (broad SMARTS) is 2. The van der Waals surface area contributed by atoms with Gasteiger partial charge in [0.25, 0.3) is 0 Å². The molecule has 0 aromatic rings. The van der Waals surface area contributed by atoms with E-state index >= 15 is 0 Å². The van der Waals surface area contributed by atoms with Crippen LogP contribution in [0, 0.1) is 0 Å². The van der Waals surface area contributed by atoms with E-state index in [0.29, 0.717) is 0 Å². The molecule has 2 unspecified atom stereocenters. The fraction of sp³-hybridized carbons (Fsp3) is 0.667. The van der Waals surface area contributed by atoms with Crippen molar-refractivity contribution < 1.29 is 59.2 Å². The summed E-state index contributed by atoms with van der Waals surface area (Å²) in [6, 6.07) is 0. The highest BCUT2D eigenvalue weighted by molar-refractivity contribution is 5.88. The molecular formula is C15H22O12. The van der Waals surface area contributed by atoms with Crippen molar-refractivity contribution in [3.05, 3.63) is 12.7 Å². The summed E-state index contributed by atoms with van der Waals surface area (Å²) >= 11 is 0. The predicted octanol–water partition coefficient (Wildman–Crippen LogP) is -2.78. The molecule has 0 aromatic heterocycles. The second kappa shape index (κ2) is 9.73. The van der Waals surface area contributed by atoms with Gasteiger partial charge in [-0.2, -0.15) is 0 Å². The van der Waals surface area contributed by atoms with Crippen molar-refractivity contribution in [1.29, 1.82) is 0 Å². The molecule has 0 amide bonds. The number of hydrogen-bond donors (Lipinski definition) is 6. The minimum absolute atomic E-state index is 0.113. The molecular weight excluding hydrogens is 372 g/mol. The second-order valence-electron chi connectivity index (χ2n) is 5.87. The standard InChI is InChI=1S/C15H22O12/c1-2-3-25-13-12(11(21)10(20)7(6-16)26-13)27-9(19)5-15(24,14(22)23)4-8(17)18/h2,7,10-13,16,20-21,24H,1,3-6H2,(H,17,18)(H,22,23)/t7-,10-,11+,12-,13?,15?/m1/s1. The fourth-order valence-electron chi connectivity index (χ4n) is 2.37. The van der Waals surface area contributed by atoms with Crippen LogP contribution >= 0.6 is 0 Å². The summed E-state index contributed by atoms with van der Waals surface area (Å²) in [5.41, 5.74) is -2.94. The largest absolute Gasteiger partial charge is 0.481 e. The van der Waals surface area contributed by atoms with Crippen molar-refractivity contribution in [1.82, 2.24) is 0 Å². The van der Waals surface area contributed by atoms with E-state index in [4.69, 9.17) is 29.5 Å². The maximum atomic E-state index is 12.0. The summed E-state index contributed by atoms with van der Waals surface area (Å²) in [4.78, 5) is 33.8. The van der Waals surface area contributed by atoms with E-state index in [1.165, 1.54) is 6.08 Å². The van der Waals surface area contributed by atoms with Crippen LogP contribution in [-0.2, 0) is 28.6 Å². The minimum Gasteiger partial charge on any atom is -0.481 e. The minimum atomic E-state index is -2.94. The Balaban J connectivity index is 2.92. The summed E-state index contributed by atoms with van der Waals surface area (Å²) in [5, 5.41) is 56.7. The molecule has 1 rings (SSSR count). The van der Waals surface area contributed by atoms with Crippen LogP contribution in [-0.4, -0.2) is 98.1 Å². The van der Waals surface area contributed by atoms with Crippen molar-refractivity contribution in [2.45, 2.75) is 49.1 Å². The van der Waals surface area contributed by atoms with Gasteiger partial charge in [-0.25, -0.2) is 4.79 Å². The molecule has 0 aromatic carbocycles. The lowest BCUT2D eigenvalue weighted by atomic mass is 9.95. The van der Waals surface area contributed by atoms with Gasteiger partial charge in [0.05, 0.1) is 26.1 Å². The number of aliphatic carboxylic acids is 2. The van der Waals surface area contributed by atoms with Gasteiger partial charge in [-0.3, -0.25) is 9.59 Å². The Morgan fingerprint density at radius 2 is 1.78 bits per heavy atom. The molecule has 27 heavy (non-hydrogen) atoms. The number of carbonyl (C=O) groups is 3. The molecule has 6 atom stereocenters. The molecule has 12 nitrogen and oxygen atoms in total. The van der Waals surface area contributed by atoms with Gasteiger partial charge >= 0.3 is 17.9 Å². The average molecular weight is 394 g/mol. The van der Waals surface area contributed by atoms with Gasteiger partial charge in [0.1, 0.15) is 18.3 Å². The van der Waals surface area contributed by atoms with Crippen LogP contribution in [0.15, 0.2) is 12.7 Å². The van der Waals surface area contributed by atoms with Crippen LogP contribution in [0.25, 0.3) is 0 Å². The summed E-state index contributed by atoms with van der Waals surface area (Å²) in [6.45, 7) is 2.61. The molecule has 1 heterocycles. The number of carbonyl (C=O) groups excluding carboxylic acids is 1. The van der Waals surface area contributed by atoms with Gasteiger partial charge in [-0.05, 0) is 0 Å². The molecule has 1 aliphatic rings. The Bertz CT molecular complexity index is 563. The first-order chi connectivity index (χ1) is 12.6. The third-order valence-electron chi connectivity index (χ3n) is 3.75. The fourth-order valence-corrected chi connectivity index (χ4v) is 2.37. The predicted molar refractivity (Wildman–Crippen MR) is 83.2 cm³/mol. The zero-order valence-electron chi connectivity index (χ0n) is 14.1. The third kappa shape index (κ3) is 5.95. The van der Waals surface area contributed by atoms with Crippen molar-refractivity contribution in [2.24, 2.45) is 0 Å². The van der Waals surface area contributed by atoms with Gasteiger partial charge in [-0.1, -0.05) is 6.08 Å². The lowest BCUT2D eigenvalue weighted by molar-refractivity contribution is -0.302. The summed E-state index contributed by atoms with van der Waals surface area (Å²) in [5.74, 6) is -5.00. The molecule has 1 aliphatic heterocycles. The van der Waals surface area contributed by atoms with Gasteiger partial charge < -0.3 is 44.8 Å². The van der Waals surface area contributed by atoms with E-state index in [0.717, 1.165) is 0 Å². The Hall–Kier alpha value is -2.09.